The molecule has 2 aromatic carbocycles. The number of benzene rings is 2. The van der Waals surface area contributed by atoms with Gasteiger partial charge in [-0.1, -0.05) is 6.07 Å². The maximum Gasteiger partial charge on any atom is 0.262 e. The van der Waals surface area contributed by atoms with Gasteiger partial charge in [-0.25, -0.2) is 5.48 Å². The third kappa shape index (κ3) is 3.99. The Balaban J connectivity index is 1.73. The van der Waals surface area contributed by atoms with E-state index in [0.29, 0.717) is 22.7 Å². The maximum atomic E-state index is 13.1. The van der Waals surface area contributed by atoms with Gasteiger partial charge < -0.3 is 15.2 Å². The normalized spacial score (nSPS) is 16.8. The summed E-state index contributed by atoms with van der Waals surface area (Å²) in [6.07, 6.45) is 3.77. The summed E-state index contributed by atoms with van der Waals surface area (Å²) in [6.45, 7) is 0. The summed E-state index contributed by atoms with van der Waals surface area (Å²) in [5, 5.41) is 9.09. The summed E-state index contributed by atoms with van der Waals surface area (Å²) in [5.74, 6) is -0.828. The van der Waals surface area contributed by atoms with Gasteiger partial charge in [0.15, 0.2) is 11.5 Å². The van der Waals surface area contributed by atoms with E-state index >= 15 is 0 Å². The minimum absolute atomic E-state index is 0.0561. The topological polar surface area (TPSA) is 131 Å². The van der Waals surface area contributed by atoms with Gasteiger partial charge in [-0.05, 0) is 61.6 Å². The highest BCUT2D eigenvalue weighted by atomic mass is 16.5. The average molecular weight is 439 g/mol. The fraction of sp³-hybridized carbons (Fsp3) is 0.348. The molecule has 0 bridgehead atoms. The molecule has 4 rings (SSSR count). The summed E-state index contributed by atoms with van der Waals surface area (Å²) in [7, 11) is 1.53. The first kappa shape index (κ1) is 21.6. The van der Waals surface area contributed by atoms with Crippen molar-refractivity contribution in [3.8, 4) is 11.5 Å². The fourth-order valence-corrected chi connectivity index (χ4v) is 4.32. The lowest BCUT2D eigenvalue weighted by Gasteiger charge is -2.27. The van der Waals surface area contributed by atoms with Gasteiger partial charge in [-0.3, -0.25) is 24.5 Å². The first-order valence-corrected chi connectivity index (χ1v) is 10.5. The predicted molar refractivity (Wildman–Crippen MR) is 115 cm³/mol. The van der Waals surface area contributed by atoms with Crippen LogP contribution in [0.1, 0.15) is 64.4 Å². The Morgan fingerprint density at radius 1 is 1.12 bits per heavy atom. The van der Waals surface area contributed by atoms with Gasteiger partial charge in [0.25, 0.3) is 11.8 Å². The van der Waals surface area contributed by atoms with Crippen molar-refractivity contribution in [3.05, 3.63) is 53.1 Å². The van der Waals surface area contributed by atoms with E-state index in [1.54, 1.807) is 29.7 Å². The van der Waals surface area contributed by atoms with Crippen LogP contribution in [0.3, 0.4) is 0 Å². The van der Waals surface area contributed by atoms with Crippen molar-refractivity contribution in [3.63, 3.8) is 0 Å². The lowest BCUT2D eigenvalue weighted by Crippen LogP contribution is -2.37. The lowest BCUT2D eigenvalue weighted by molar-refractivity contribution is -0.130. The molecule has 2 aromatic rings. The van der Waals surface area contributed by atoms with Crippen molar-refractivity contribution in [2.24, 2.45) is 0 Å². The van der Waals surface area contributed by atoms with Crippen LogP contribution >= 0.6 is 0 Å². The van der Waals surface area contributed by atoms with Crippen molar-refractivity contribution in [2.45, 2.75) is 44.2 Å². The Kier molecular flexibility index (Phi) is 6.00. The minimum Gasteiger partial charge on any atom is -0.493 e. The number of methoxy groups -OCH3 is 1. The number of nitrogens with zero attached hydrogens (tertiary/aromatic N) is 1. The summed E-state index contributed by atoms with van der Waals surface area (Å²) in [4.78, 5) is 39.4. The standard InChI is InChI=1S/C23H25N3O6/c1-31-19-9-6-13(10-20(19)32-15-4-2-3-5-15)18(12-21(27)25-30)26-22(28)16-8-7-14(24)11-17(16)23(26)29/h6-11,15,18,30H,2-5,12,24H2,1H3,(H,25,27). The Hall–Kier alpha value is -3.59. The molecule has 9 nitrogen and oxygen atoms in total. The van der Waals surface area contributed by atoms with E-state index in [2.05, 4.69) is 0 Å². The maximum absolute atomic E-state index is 13.1. The number of imide groups is 1. The van der Waals surface area contributed by atoms with Gasteiger partial charge in [-0.2, -0.15) is 0 Å². The predicted octanol–water partition coefficient (Wildman–Crippen LogP) is 2.83. The van der Waals surface area contributed by atoms with Crippen LogP contribution in [0, 0.1) is 0 Å². The lowest BCUT2D eigenvalue weighted by atomic mass is 10.0. The van der Waals surface area contributed by atoms with Gasteiger partial charge in [-0.15, -0.1) is 0 Å². The number of nitrogen functional groups attached to an aromatic ring is 1. The number of carbonyl (C=O) groups excluding carboxylic acids is 3. The summed E-state index contributed by atoms with van der Waals surface area (Å²) < 4.78 is 11.6. The van der Waals surface area contributed by atoms with Gasteiger partial charge in [0.05, 0.1) is 36.8 Å². The van der Waals surface area contributed by atoms with Crippen LogP contribution in [0.5, 0.6) is 11.5 Å². The quantitative estimate of drug-likeness (QED) is 0.262. The molecule has 9 heteroatoms. The number of amides is 3. The van der Waals surface area contributed by atoms with E-state index in [9.17, 15) is 14.4 Å². The smallest absolute Gasteiger partial charge is 0.262 e. The van der Waals surface area contributed by atoms with E-state index in [0.717, 1.165) is 30.6 Å². The molecule has 3 amide bonds. The highest BCUT2D eigenvalue weighted by Crippen LogP contribution is 2.39. The number of fused-ring (bicyclic) bond motifs is 1. The molecule has 0 saturated heterocycles. The number of carbonyl (C=O) groups is 3. The molecule has 0 spiro atoms. The number of hydroxylamine groups is 1. The molecule has 1 unspecified atom stereocenters. The molecule has 1 heterocycles. The van der Waals surface area contributed by atoms with Crippen LogP contribution in [-0.4, -0.2) is 41.0 Å². The second kappa shape index (κ2) is 8.88. The SMILES string of the molecule is COc1ccc(C(CC(=O)NO)N2C(=O)c3ccc(N)cc3C2=O)cc1OC1CCCC1. The van der Waals surface area contributed by atoms with E-state index in [1.165, 1.54) is 19.2 Å². The monoisotopic (exact) mass is 439 g/mol. The Morgan fingerprint density at radius 3 is 2.53 bits per heavy atom. The van der Waals surface area contributed by atoms with Crippen LogP contribution in [0.15, 0.2) is 36.4 Å². The zero-order valence-electron chi connectivity index (χ0n) is 17.7. The van der Waals surface area contributed by atoms with Crippen LogP contribution in [-0.2, 0) is 4.79 Å². The molecular weight excluding hydrogens is 414 g/mol. The molecule has 32 heavy (non-hydrogen) atoms. The van der Waals surface area contributed by atoms with Crippen LogP contribution in [0.2, 0.25) is 0 Å². The van der Waals surface area contributed by atoms with Crippen molar-refractivity contribution in [2.75, 3.05) is 12.8 Å². The highest BCUT2D eigenvalue weighted by Gasteiger charge is 2.41. The second-order valence-corrected chi connectivity index (χ2v) is 7.97. The number of hydrogen-bond donors (Lipinski definition) is 3. The summed E-state index contributed by atoms with van der Waals surface area (Å²) in [6, 6.07) is 8.56. The third-order valence-electron chi connectivity index (χ3n) is 5.93. The number of ether oxygens (including phenoxy) is 2. The Labute approximate surface area is 185 Å². The first-order chi connectivity index (χ1) is 15.4. The van der Waals surface area contributed by atoms with Crippen LogP contribution in [0.4, 0.5) is 5.69 Å². The van der Waals surface area contributed by atoms with Crippen molar-refractivity contribution >= 4 is 23.4 Å². The van der Waals surface area contributed by atoms with E-state index < -0.39 is 23.8 Å². The summed E-state index contributed by atoms with van der Waals surface area (Å²) in [5.41, 5.74) is 8.63. The van der Waals surface area contributed by atoms with Crippen LogP contribution in [0.25, 0.3) is 0 Å². The molecule has 1 aliphatic carbocycles. The van der Waals surface area contributed by atoms with E-state index in [4.69, 9.17) is 20.4 Å². The molecule has 1 atom stereocenters. The zero-order valence-corrected chi connectivity index (χ0v) is 17.7. The fourth-order valence-electron chi connectivity index (χ4n) is 4.32. The second-order valence-electron chi connectivity index (χ2n) is 7.97. The molecule has 0 aromatic heterocycles. The van der Waals surface area contributed by atoms with E-state index in [-0.39, 0.29) is 23.7 Å². The molecule has 1 saturated carbocycles. The molecule has 0 radical (unpaired) electrons. The molecule has 1 aliphatic heterocycles. The number of hydrogen-bond acceptors (Lipinski definition) is 7. The average Bonchev–Trinajstić information content (AvgIpc) is 3.38. The largest absolute Gasteiger partial charge is 0.493 e. The molecule has 168 valence electrons. The van der Waals surface area contributed by atoms with Crippen LogP contribution < -0.4 is 20.7 Å². The first-order valence-electron chi connectivity index (χ1n) is 10.5. The van der Waals surface area contributed by atoms with Crippen molar-refractivity contribution in [1.82, 2.24) is 10.4 Å². The van der Waals surface area contributed by atoms with Gasteiger partial charge >= 0.3 is 0 Å². The number of nitrogens with two attached hydrogens (primary N) is 1. The zero-order chi connectivity index (χ0) is 22.8. The molecule has 1 fully saturated rings. The number of nitrogens with one attached hydrogen (secondary N) is 1. The Morgan fingerprint density at radius 2 is 1.84 bits per heavy atom. The van der Waals surface area contributed by atoms with Gasteiger partial charge in [0, 0.05) is 5.69 Å². The van der Waals surface area contributed by atoms with Crippen molar-refractivity contribution in [1.29, 1.82) is 0 Å². The molecular formula is C23H25N3O6. The molecule has 4 N–H and O–H groups in total. The summed E-state index contributed by atoms with van der Waals surface area (Å²) >= 11 is 0. The Bertz CT molecular complexity index is 1060. The number of rotatable bonds is 7. The minimum atomic E-state index is -0.965. The van der Waals surface area contributed by atoms with E-state index in [1.807, 2.05) is 0 Å². The third-order valence-corrected chi connectivity index (χ3v) is 5.93. The highest BCUT2D eigenvalue weighted by molar-refractivity contribution is 6.22. The van der Waals surface area contributed by atoms with Gasteiger partial charge in [0.2, 0.25) is 5.91 Å². The van der Waals surface area contributed by atoms with Gasteiger partial charge in [0.1, 0.15) is 0 Å². The molecule has 2 aliphatic rings. The van der Waals surface area contributed by atoms with Crippen molar-refractivity contribution < 1.29 is 29.1 Å². The number of anilines is 1.